The van der Waals surface area contributed by atoms with E-state index in [-0.39, 0.29) is 30.5 Å². The smallest absolute Gasteiger partial charge is 0.317 e. The summed E-state index contributed by atoms with van der Waals surface area (Å²) in [6.45, 7) is 4.94. The Morgan fingerprint density at radius 1 is 1.05 bits per heavy atom. The number of carboxylic acids is 1. The molecule has 200 valence electrons. The Morgan fingerprint density at radius 3 is 2.46 bits per heavy atom. The van der Waals surface area contributed by atoms with Crippen molar-refractivity contribution in [2.24, 2.45) is 5.92 Å². The number of likely N-dealkylation sites (tertiary alicyclic amines) is 1. The molecule has 0 radical (unpaired) electrons. The molecule has 0 aromatic heterocycles. The number of nitrogens with one attached hydrogen (secondary N) is 1. The lowest BCUT2D eigenvalue weighted by molar-refractivity contribution is -0.138. The van der Waals surface area contributed by atoms with E-state index in [1.165, 1.54) is 0 Å². The predicted molar refractivity (Wildman–Crippen MR) is 150 cm³/mol. The van der Waals surface area contributed by atoms with Crippen molar-refractivity contribution in [1.82, 2.24) is 9.80 Å². The third-order valence-corrected chi connectivity index (χ3v) is 8.35. The monoisotopic (exact) mass is 566 g/mol. The van der Waals surface area contributed by atoms with Gasteiger partial charge in [0.1, 0.15) is 0 Å². The number of piperidine rings is 1. The van der Waals surface area contributed by atoms with Crippen molar-refractivity contribution in [3.8, 4) is 0 Å². The number of aliphatic carboxylic acids is 1. The summed E-state index contributed by atoms with van der Waals surface area (Å²) in [5.41, 5.74) is 2.81. The molecule has 2 atom stereocenters. The topological polar surface area (TPSA) is 76.1 Å². The number of carbonyl (C=O) groups excluding carboxylic acids is 1. The molecule has 0 saturated carbocycles. The zero-order valence-corrected chi connectivity index (χ0v) is 23.4. The van der Waals surface area contributed by atoms with Crippen LogP contribution in [0, 0.1) is 5.92 Å². The van der Waals surface area contributed by atoms with Gasteiger partial charge in [0.15, 0.2) is 0 Å². The maximum atomic E-state index is 13.2. The average Bonchev–Trinajstić information content (AvgIpc) is 3.32. The maximum Gasteiger partial charge on any atom is 0.317 e. The van der Waals surface area contributed by atoms with E-state index in [0.29, 0.717) is 28.2 Å². The van der Waals surface area contributed by atoms with Crippen LogP contribution in [0.5, 0.6) is 0 Å². The summed E-state index contributed by atoms with van der Waals surface area (Å²) in [5.74, 6) is -0.688. The second-order valence-electron chi connectivity index (χ2n) is 9.98. The Morgan fingerprint density at radius 2 is 1.78 bits per heavy atom. The van der Waals surface area contributed by atoms with Gasteiger partial charge in [0.05, 0.1) is 23.3 Å². The van der Waals surface area contributed by atoms with Crippen molar-refractivity contribution in [2.45, 2.75) is 38.3 Å². The van der Waals surface area contributed by atoms with Crippen LogP contribution in [-0.2, 0) is 9.59 Å². The van der Waals surface area contributed by atoms with Crippen molar-refractivity contribution in [3.63, 3.8) is 0 Å². The van der Waals surface area contributed by atoms with E-state index in [9.17, 15) is 9.59 Å². The molecule has 37 heavy (non-hydrogen) atoms. The number of likely N-dealkylation sites (N-methyl/N-ethyl adjacent to an activating group) is 1. The quantitative estimate of drug-likeness (QED) is 0.429. The minimum absolute atomic E-state index is 0.0215. The summed E-state index contributed by atoms with van der Waals surface area (Å²) in [5, 5.41) is 14.3. The number of rotatable bonds is 8. The molecular formula is C27H33Cl3N4O3. The Labute approximate surface area is 233 Å². The number of benzene rings is 2. The van der Waals surface area contributed by atoms with Crippen LogP contribution in [0.15, 0.2) is 36.4 Å². The lowest BCUT2D eigenvalue weighted by Crippen LogP contribution is -2.46. The minimum atomic E-state index is -0.828. The second-order valence-corrected chi connectivity index (χ2v) is 11.2. The van der Waals surface area contributed by atoms with E-state index >= 15 is 0 Å². The number of carbonyl (C=O) groups is 2. The first-order valence-electron chi connectivity index (χ1n) is 12.6. The van der Waals surface area contributed by atoms with Gasteiger partial charge >= 0.3 is 5.97 Å². The van der Waals surface area contributed by atoms with Crippen LogP contribution in [-0.4, -0.2) is 72.6 Å². The molecule has 1 unspecified atom stereocenters. The lowest BCUT2D eigenvalue weighted by Gasteiger charge is -2.36. The summed E-state index contributed by atoms with van der Waals surface area (Å²) in [7, 11) is 1.86. The van der Waals surface area contributed by atoms with Crippen LogP contribution in [0.4, 0.5) is 11.4 Å². The molecule has 2 aromatic carbocycles. The third-order valence-electron chi connectivity index (χ3n) is 7.46. The molecular weight excluding hydrogens is 535 g/mol. The van der Waals surface area contributed by atoms with Gasteiger partial charge in [-0.25, -0.2) is 0 Å². The fourth-order valence-electron chi connectivity index (χ4n) is 5.30. The number of amides is 1. The van der Waals surface area contributed by atoms with Gasteiger partial charge in [0.25, 0.3) is 0 Å². The van der Waals surface area contributed by atoms with E-state index in [1.54, 1.807) is 6.07 Å². The van der Waals surface area contributed by atoms with Crippen LogP contribution < -0.4 is 10.2 Å². The van der Waals surface area contributed by atoms with Gasteiger partial charge < -0.3 is 20.2 Å². The molecule has 2 aromatic rings. The molecule has 0 bridgehead atoms. The molecule has 2 fully saturated rings. The van der Waals surface area contributed by atoms with E-state index in [1.807, 2.05) is 54.1 Å². The largest absolute Gasteiger partial charge is 0.480 e. The molecule has 7 nitrogen and oxygen atoms in total. The van der Waals surface area contributed by atoms with Gasteiger partial charge in [-0.3, -0.25) is 14.5 Å². The summed E-state index contributed by atoms with van der Waals surface area (Å²) in [4.78, 5) is 30.2. The third kappa shape index (κ3) is 6.82. The van der Waals surface area contributed by atoms with E-state index in [2.05, 4.69) is 10.2 Å². The SMILES string of the molecule is C[C@@H](Nc1cc(N2CCC(C(=O)N(C)C3CCN(CC(=O)O)C3)CC2)ccc1Cl)c1ccc(Cl)cc1Cl. The molecule has 4 rings (SSSR count). The van der Waals surface area contributed by atoms with E-state index in [0.717, 1.165) is 49.3 Å². The number of anilines is 2. The van der Waals surface area contributed by atoms with Crippen LogP contribution in [0.25, 0.3) is 0 Å². The number of halogens is 3. The fourth-order valence-corrected chi connectivity index (χ4v) is 6.04. The zero-order chi connectivity index (χ0) is 26.7. The molecule has 10 heteroatoms. The number of nitrogens with zero attached hydrogens (tertiary/aromatic N) is 3. The highest BCUT2D eigenvalue weighted by Crippen LogP contribution is 2.34. The first-order valence-corrected chi connectivity index (χ1v) is 13.7. The van der Waals surface area contributed by atoms with Gasteiger partial charge in [0, 0.05) is 60.9 Å². The predicted octanol–water partition coefficient (Wildman–Crippen LogP) is 5.65. The van der Waals surface area contributed by atoms with Crippen molar-refractivity contribution < 1.29 is 14.7 Å². The molecule has 0 aliphatic carbocycles. The van der Waals surface area contributed by atoms with Gasteiger partial charge in [-0.2, -0.15) is 0 Å². The fraction of sp³-hybridized carbons (Fsp3) is 0.481. The Balaban J connectivity index is 1.34. The number of hydrogen-bond acceptors (Lipinski definition) is 5. The highest BCUT2D eigenvalue weighted by atomic mass is 35.5. The minimum Gasteiger partial charge on any atom is -0.480 e. The van der Waals surface area contributed by atoms with Crippen molar-refractivity contribution in [3.05, 3.63) is 57.0 Å². The summed E-state index contributed by atoms with van der Waals surface area (Å²) < 4.78 is 0. The highest BCUT2D eigenvalue weighted by molar-refractivity contribution is 6.35. The molecule has 0 spiro atoms. The van der Waals surface area contributed by atoms with E-state index in [4.69, 9.17) is 39.9 Å². The highest BCUT2D eigenvalue weighted by Gasteiger charge is 2.34. The van der Waals surface area contributed by atoms with Gasteiger partial charge in [-0.15, -0.1) is 0 Å². The van der Waals surface area contributed by atoms with E-state index < -0.39 is 5.97 Å². The Hall–Kier alpha value is -2.19. The summed E-state index contributed by atoms with van der Waals surface area (Å²) >= 11 is 18.9. The Bertz CT molecular complexity index is 1140. The van der Waals surface area contributed by atoms with Crippen molar-refractivity contribution in [1.29, 1.82) is 0 Å². The number of carboxylic acid groups (broad SMARTS) is 1. The first kappa shape index (κ1) is 27.8. The van der Waals surface area contributed by atoms with Crippen LogP contribution in [0.2, 0.25) is 15.1 Å². The maximum absolute atomic E-state index is 13.2. The summed E-state index contributed by atoms with van der Waals surface area (Å²) in [6, 6.07) is 11.4. The van der Waals surface area contributed by atoms with Gasteiger partial charge in [-0.05, 0) is 62.1 Å². The summed E-state index contributed by atoms with van der Waals surface area (Å²) in [6.07, 6.45) is 2.36. The molecule has 2 heterocycles. The van der Waals surface area contributed by atoms with Crippen molar-refractivity contribution in [2.75, 3.05) is 50.0 Å². The molecule has 2 saturated heterocycles. The van der Waals surface area contributed by atoms with Crippen LogP contribution >= 0.6 is 34.8 Å². The first-order chi connectivity index (χ1) is 17.6. The van der Waals surface area contributed by atoms with Crippen LogP contribution in [0.1, 0.15) is 37.8 Å². The molecule has 1 amide bonds. The zero-order valence-electron chi connectivity index (χ0n) is 21.1. The molecule has 2 N–H and O–H groups in total. The number of hydrogen-bond donors (Lipinski definition) is 2. The van der Waals surface area contributed by atoms with Gasteiger partial charge in [0.2, 0.25) is 5.91 Å². The Kier molecular flexibility index (Phi) is 9.11. The molecule has 2 aliphatic rings. The standard InChI is InChI=1S/C27H33Cl3N4O3/c1-17(22-5-3-19(28)13-24(22)30)31-25-14-20(4-6-23(25)29)34-11-7-18(8-12-34)27(37)32(2)21-9-10-33(15-21)16-26(35)36/h3-6,13-14,17-18,21,31H,7-12,15-16H2,1-2H3,(H,35,36)/t17-,21?/m1/s1. The average molecular weight is 568 g/mol. The van der Waals surface area contributed by atoms with Crippen molar-refractivity contribution >= 4 is 58.1 Å². The molecule has 2 aliphatic heterocycles. The lowest BCUT2D eigenvalue weighted by atomic mass is 9.94. The second kappa shape index (κ2) is 12.1. The normalized spacial score (nSPS) is 19.6. The van der Waals surface area contributed by atoms with Gasteiger partial charge in [-0.1, -0.05) is 40.9 Å². The van der Waals surface area contributed by atoms with Crippen LogP contribution in [0.3, 0.4) is 0 Å².